The summed E-state index contributed by atoms with van der Waals surface area (Å²) in [5, 5.41) is 2.78. The molecule has 1 aliphatic heterocycles. The fraction of sp³-hybridized carbons (Fsp3) is 0.190. The first-order valence-corrected chi connectivity index (χ1v) is 8.42. The molecule has 1 aliphatic rings. The van der Waals surface area contributed by atoms with Gasteiger partial charge in [0.2, 0.25) is 5.91 Å². The van der Waals surface area contributed by atoms with Crippen molar-refractivity contribution in [2.45, 2.75) is 19.4 Å². The quantitative estimate of drug-likeness (QED) is 0.666. The number of amides is 2. The van der Waals surface area contributed by atoms with E-state index in [4.69, 9.17) is 4.74 Å². The minimum atomic E-state index is -0.667. The monoisotopic (exact) mass is 364 g/mol. The Morgan fingerprint density at radius 3 is 2.44 bits per heavy atom. The van der Waals surface area contributed by atoms with Crippen LogP contribution in [0.3, 0.4) is 0 Å². The van der Waals surface area contributed by atoms with Crippen LogP contribution in [-0.4, -0.2) is 24.8 Å². The van der Waals surface area contributed by atoms with Gasteiger partial charge in [-0.25, -0.2) is 4.79 Å². The number of carbonyl (C=O) groups is 3. The van der Waals surface area contributed by atoms with Crippen LogP contribution in [0.4, 0.5) is 11.4 Å². The summed E-state index contributed by atoms with van der Waals surface area (Å²) >= 11 is 0. The lowest BCUT2D eigenvalue weighted by molar-refractivity contribution is -0.113. The van der Waals surface area contributed by atoms with Gasteiger partial charge < -0.3 is 15.0 Å². The number of cyclic esters (lactones) is 1. The van der Waals surface area contributed by atoms with E-state index in [1.807, 2.05) is 13.8 Å². The van der Waals surface area contributed by atoms with Gasteiger partial charge in [0.15, 0.2) is 0 Å². The molecule has 2 aromatic rings. The zero-order valence-electron chi connectivity index (χ0n) is 15.4. The molecular formula is C21H20N2O4. The molecule has 0 aromatic heterocycles. The summed E-state index contributed by atoms with van der Waals surface area (Å²) in [6.45, 7) is 7.10. The van der Waals surface area contributed by atoms with E-state index < -0.39 is 11.6 Å². The number of nitrogens with zero attached hydrogens (tertiary/aromatic N) is 1. The maximum atomic E-state index is 12.5. The Morgan fingerprint density at radius 2 is 1.81 bits per heavy atom. The van der Waals surface area contributed by atoms with Gasteiger partial charge in [0.05, 0.1) is 5.56 Å². The van der Waals surface area contributed by atoms with E-state index >= 15 is 0 Å². The Morgan fingerprint density at radius 1 is 1.15 bits per heavy atom. The lowest BCUT2D eigenvalue weighted by Gasteiger charge is -2.17. The highest BCUT2D eigenvalue weighted by Crippen LogP contribution is 2.37. The molecule has 0 unspecified atom stereocenters. The smallest absolute Gasteiger partial charge is 0.339 e. The first-order valence-electron chi connectivity index (χ1n) is 8.42. The second kappa shape index (κ2) is 6.72. The highest BCUT2D eigenvalue weighted by molar-refractivity contribution is 6.06. The summed E-state index contributed by atoms with van der Waals surface area (Å²) in [6, 6.07) is 11.8. The summed E-state index contributed by atoms with van der Waals surface area (Å²) < 4.78 is 5.34. The molecule has 27 heavy (non-hydrogen) atoms. The summed E-state index contributed by atoms with van der Waals surface area (Å²) in [6.07, 6.45) is 1.22. The van der Waals surface area contributed by atoms with E-state index in [-0.39, 0.29) is 11.8 Å². The highest BCUT2D eigenvalue weighted by atomic mass is 16.6. The maximum absolute atomic E-state index is 12.5. The predicted molar refractivity (Wildman–Crippen MR) is 103 cm³/mol. The average molecular weight is 364 g/mol. The van der Waals surface area contributed by atoms with E-state index in [0.717, 1.165) is 5.56 Å². The van der Waals surface area contributed by atoms with E-state index in [1.54, 1.807) is 49.5 Å². The molecule has 6 heteroatoms. The summed E-state index contributed by atoms with van der Waals surface area (Å²) in [5.74, 6) is -0.949. The average Bonchev–Trinajstić information content (AvgIpc) is 2.88. The SMILES string of the molecule is C=CC(=O)N(C)c1ccc(C(=O)Nc2ccc3c(c2)C(=O)OC3(C)C)cc1. The summed E-state index contributed by atoms with van der Waals surface area (Å²) in [4.78, 5) is 37.5. The third kappa shape index (κ3) is 3.46. The second-order valence-corrected chi connectivity index (χ2v) is 6.76. The molecule has 0 spiro atoms. The van der Waals surface area contributed by atoms with Crippen LogP contribution >= 0.6 is 0 Å². The lowest BCUT2D eigenvalue weighted by atomic mass is 9.96. The molecule has 0 fully saturated rings. The van der Waals surface area contributed by atoms with Gasteiger partial charge in [-0.2, -0.15) is 0 Å². The van der Waals surface area contributed by atoms with Crippen LogP contribution in [0.2, 0.25) is 0 Å². The Labute approximate surface area is 157 Å². The molecule has 1 heterocycles. The molecule has 0 aliphatic carbocycles. The molecule has 138 valence electrons. The first-order chi connectivity index (χ1) is 12.7. The number of ether oxygens (including phenoxy) is 1. The number of nitrogens with one attached hydrogen (secondary N) is 1. The third-order valence-electron chi connectivity index (χ3n) is 4.52. The molecule has 2 amide bonds. The van der Waals surface area contributed by atoms with Crippen molar-refractivity contribution in [1.82, 2.24) is 0 Å². The second-order valence-electron chi connectivity index (χ2n) is 6.76. The van der Waals surface area contributed by atoms with Crippen molar-refractivity contribution in [2.24, 2.45) is 0 Å². The van der Waals surface area contributed by atoms with Gasteiger partial charge in [-0.05, 0) is 56.3 Å². The van der Waals surface area contributed by atoms with Crippen LogP contribution < -0.4 is 10.2 Å². The van der Waals surface area contributed by atoms with Crippen molar-refractivity contribution in [1.29, 1.82) is 0 Å². The van der Waals surface area contributed by atoms with Crippen molar-refractivity contribution in [2.75, 3.05) is 17.3 Å². The van der Waals surface area contributed by atoms with Crippen LogP contribution in [0, 0.1) is 0 Å². The molecule has 0 bridgehead atoms. The molecule has 3 rings (SSSR count). The van der Waals surface area contributed by atoms with Gasteiger partial charge in [-0.3, -0.25) is 9.59 Å². The number of hydrogen-bond acceptors (Lipinski definition) is 4. The number of esters is 1. The molecule has 0 radical (unpaired) electrons. The van der Waals surface area contributed by atoms with Gasteiger partial charge in [0.1, 0.15) is 5.60 Å². The first kappa shape index (κ1) is 18.4. The van der Waals surface area contributed by atoms with Gasteiger partial charge in [0.25, 0.3) is 5.91 Å². The molecule has 6 nitrogen and oxygen atoms in total. The zero-order chi connectivity index (χ0) is 19.8. The molecule has 0 saturated heterocycles. The molecule has 1 N–H and O–H groups in total. The van der Waals surface area contributed by atoms with Crippen molar-refractivity contribution < 1.29 is 19.1 Å². The van der Waals surface area contributed by atoms with Crippen LogP contribution in [0.1, 0.15) is 40.1 Å². The van der Waals surface area contributed by atoms with Crippen LogP contribution in [0.15, 0.2) is 55.1 Å². The number of rotatable bonds is 4. The van der Waals surface area contributed by atoms with Crippen molar-refractivity contribution in [3.63, 3.8) is 0 Å². The minimum Gasteiger partial charge on any atom is -0.451 e. The van der Waals surface area contributed by atoms with Crippen molar-refractivity contribution >= 4 is 29.2 Å². The van der Waals surface area contributed by atoms with Gasteiger partial charge >= 0.3 is 5.97 Å². The summed E-state index contributed by atoms with van der Waals surface area (Å²) in [5.41, 5.74) is 2.18. The van der Waals surface area contributed by atoms with Crippen molar-refractivity contribution in [3.05, 3.63) is 71.8 Å². The Balaban J connectivity index is 1.77. The fourth-order valence-electron chi connectivity index (χ4n) is 2.96. The van der Waals surface area contributed by atoms with Gasteiger partial charge in [0, 0.05) is 29.5 Å². The van der Waals surface area contributed by atoms with E-state index in [2.05, 4.69) is 11.9 Å². The van der Waals surface area contributed by atoms with Gasteiger partial charge in [-0.15, -0.1) is 0 Å². The number of benzene rings is 2. The zero-order valence-corrected chi connectivity index (χ0v) is 15.4. The van der Waals surface area contributed by atoms with Crippen LogP contribution in [-0.2, 0) is 15.1 Å². The minimum absolute atomic E-state index is 0.236. The fourth-order valence-corrected chi connectivity index (χ4v) is 2.96. The lowest BCUT2D eigenvalue weighted by Crippen LogP contribution is -2.23. The Kier molecular flexibility index (Phi) is 4.57. The van der Waals surface area contributed by atoms with Crippen molar-refractivity contribution in [3.8, 4) is 0 Å². The molecule has 0 atom stereocenters. The Bertz CT molecular complexity index is 945. The highest BCUT2D eigenvalue weighted by Gasteiger charge is 2.37. The maximum Gasteiger partial charge on any atom is 0.339 e. The van der Waals surface area contributed by atoms with E-state index in [9.17, 15) is 14.4 Å². The Hall–Kier alpha value is -3.41. The summed E-state index contributed by atoms with van der Waals surface area (Å²) in [7, 11) is 1.63. The third-order valence-corrected chi connectivity index (χ3v) is 4.52. The topological polar surface area (TPSA) is 75.7 Å². The van der Waals surface area contributed by atoms with Gasteiger partial charge in [-0.1, -0.05) is 12.6 Å². The normalized spacial score (nSPS) is 14.1. The number of carbonyl (C=O) groups excluding carboxylic acids is 3. The number of likely N-dealkylation sites (N-methyl/N-ethyl adjacent to an activating group) is 1. The number of fused-ring (bicyclic) bond motifs is 1. The van der Waals surface area contributed by atoms with E-state index in [1.165, 1.54) is 11.0 Å². The molecule has 2 aromatic carbocycles. The largest absolute Gasteiger partial charge is 0.451 e. The van der Waals surface area contributed by atoms with E-state index in [0.29, 0.717) is 22.5 Å². The molecule has 0 saturated carbocycles. The van der Waals surface area contributed by atoms with Crippen LogP contribution in [0.25, 0.3) is 0 Å². The standard InChI is InChI=1S/C21H20N2O4/c1-5-18(24)23(4)15-9-6-13(7-10-15)19(25)22-14-8-11-17-16(12-14)20(26)27-21(17,2)3/h5-12H,1H2,2-4H3,(H,22,25). The van der Waals surface area contributed by atoms with Crippen LogP contribution in [0.5, 0.6) is 0 Å². The number of anilines is 2. The molecular weight excluding hydrogens is 344 g/mol. The predicted octanol–water partition coefficient (Wildman–Crippen LogP) is 3.49. The number of hydrogen-bond donors (Lipinski definition) is 1.